The quantitative estimate of drug-likeness (QED) is 0.913. The fourth-order valence-electron chi connectivity index (χ4n) is 2.47. The number of aromatic nitrogens is 2. The van der Waals surface area contributed by atoms with Gasteiger partial charge in [-0.05, 0) is 36.5 Å². The van der Waals surface area contributed by atoms with Gasteiger partial charge in [0.25, 0.3) is 0 Å². The number of hydrogen-bond donors (Lipinski definition) is 1. The third-order valence-electron chi connectivity index (χ3n) is 3.95. The Bertz CT molecular complexity index is 760. The van der Waals surface area contributed by atoms with Gasteiger partial charge in [-0.2, -0.15) is 5.26 Å². The second-order valence-electron chi connectivity index (χ2n) is 6.28. The summed E-state index contributed by atoms with van der Waals surface area (Å²) in [4.78, 5) is 8.50. The second kappa shape index (κ2) is 6.33. The minimum Gasteiger partial charge on any atom is -0.382 e. The van der Waals surface area contributed by atoms with E-state index in [0.717, 1.165) is 11.4 Å². The molecule has 2 heterocycles. The third-order valence-corrected chi connectivity index (χ3v) is 3.95. The Morgan fingerprint density at radius 2 is 2.09 bits per heavy atom. The van der Waals surface area contributed by atoms with E-state index < -0.39 is 5.82 Å². The number of halogens is 1. The summed E-state index contributed by atoms with van der Waals surface area (Å²) in [5.74, 6) is -0.0851. The Kier molecular flexibility index (Phi) is 4.24. The van der Waals surface area contributed by atoms with Gasteiger partial charge < -0.3 is 5.32 Å². The summed E-state index contributed by atoms with van der Waals surface area (Å²) >= 11 is 0. The highest BCUT2D eigenvalue weighted by Gasteiger charge is 2.23. The fraction of sp³-hybridized carbons (Fsp3) is 0.389. The van der Waals surface area contributed by atoms with E-state index in [2.05, 4.69) is 29.1 Å². The number of rotatable bonds is 5. The lowest BCUT2D eigenvalue weighted by atomic mass is 10.0. The Balaban J connectivity index is 1.86. The van der Waals surface area contributed by atoms with E-state index in [1.54, 1.807) is 0 Å². The molecule has 118 valence electrons. The largest absolute Gasteiger partial charge is 0.382 e. The Morgan fingerprint density at radius 1 is 1.30 bits per heavy atom. The van der Waals surface area contributed by atoms with Crippen molar-refractivity contribution in [3.8, 4) is 6.07 Å². The van der Waals surface area contributed by atoms with Gasteiger partial charge in [0.2, 0.25) is 0 Å². The van der Waals surface area contributed by atoms with Crippen molar-refractivity contribution in [3.63, 3.8) is 0 Å². The predicted octanol–water partition coefficient (Wildman–Crippen LogP) is 3.78. The summed E-state index contributed by atoms with van der Waals surface area (Å²) in [6.45, 7) is 4.27. The van der Waals surface area contributed by atoms with E-state index in [1.165, 1.54) is 30.7 Å². The zero-order valence-electron chi connectivity index (χ0n) is 13.3. The van der Waals surface area contributed by atoms with Crippen LogP contribution < -0.4 is 5.32 Å². The van der Waals surface area contributed by atoms with Crippen molar-refractivity contribution in [2.75, 3.05) is 5.32 Å². The maximum atomic E-state index is 14.0. The molecule has 0 amide bonds. The van der Waals surface area contributed by atoms with E-state index in [0.29, 0.717) is 24.1 Å². The first-order valence-electron chi connectivity index (χ1n) is 7.86. The molecule has 4 nitrogen and oxygen atoms in total. The van der Waals surface area contributed by atoms with Crippen LogP contribution in [0, 0.1) is 17.1 Å². The summed E-state index contributed by atoms with van der Waals surface area (Å²) in [7, 11) is 0. The summed E-state index contributed by atoms with van der Waals surface area (Å²) in [6.07, 6.45) is 5.97. The Morgan fingerprint density at radius 3 is 2.70 bits per heavy atom. The van der Waals surface area contributed by atoms with Gasteiger partial charge in [0.05, 0.1) is 11.3 Å². The molecule has 0 aromatic carbocycles. The monoisotopic (exact) mass is 310 g/mol. The lowest BCUT2D eigenvalue weighted by Gasteiger charge is -2.15. The molecule has 2 aromatic rings. The van der Waals surface area contributed by atoms with Crippen LogP contribution in [-0.2, 0) is 6.42 Å². The van der Waals surface area contributed by atoms with Crippen molar-refractivity contribution in [3.05, 3.63) is 52.9 Å². The van der Waals surface area contributed by atoms with E-state index in [9.17, 15) is 4.39 Å². The van der Waals surface area contributed by atoms with Crippen LogP contribution in [0.4, 0.5) is 10.1 Å². The van der Waals surface area contributed by atoms with Crippen LogP contribution >= 0.6 is 0 Å². The standard InChI is InChI=1S/C18H19FN4/c1-11(2)15-10-21-14(6-17(15)23-13-3-4-13)7-18-16(19)5-12(8-20)9-22-18/h5-6,9-11,13H,3-4,7H2,1-2H3,(H,21,23). The molecule has 1 saturated carbocycles. The Labute approximate surface area is 135 Å². The molecule has 0 unspecified atom stereocenters. The normalized spacial score (nSPS) is 13.9. The molecule has 0 atom stereocenters. The molecule has 2 aromatic heterocycles. The first-order chi connectivity index (χ1) is 11.1. The van der Waals surface area contributed by atoms with E-state index in [1.807, 2.05) is 18.3 Å². The minimum absolute atomic E-state index is 0.227. The summed E-state index contributed by atoms with van der Waals surface area (Å²) < 4.78 is 14.0. The van der Waals surface area contributed by atoms with Gasteiger partial charge in [0, 0.05) is 36.2 Å². The maximum absolute atomic E-state index is 14.0. The van der Waals surface area contributed by atoms with Crippen molar-refractivity contribution < 1.29 is 4.39 Å². The molecular weight excluding hydrogens is 291 g/mol. The molecule has 0 radical (unpaired) electrons. The highest BCUT2D eigenvalue weighted by molar-refractivity contribution is 5.54. The summed E-state index contributed by atoms with van der Waals surface area (Å²) in [6, 6.07) is 5.65. The van der Waals surface area contributed by atoms with Gasteiger partial charge in [-0.1, -0.05) is 13.8 Å². The molecule has 0 aliphatic heterocycles. The number of anilines is 1. The molecular formula is C18H19FN4. The molecule has 1 aliphatic carbocycles. The number of pyridine rings is 2. The number of hydrogen-bond acceptors (Lipinski definition) is 4. The average Bonchev–Trinajstić information content (AvgIpc) is 3.33. The number of nitrogens with one attached hydrogen (secondary N) is 1. The van der Waals surface area contributed by atoms with Crippen molar-refractivity contribution in [1.29, 1.82) is 5.26 Å². The fourth-order valence-corrected chi connectivity index (χ4v) is 2.47. The van der Waals surface area contributed by atoms with Gasteiger partial charge in [-0.15, -0.1) is 0 Å². The Hall–Kier alpha value is -2.48. The molecule has 1 aliphatic rings. The van der Waals surface area contributed by atoms with E-state index >= 15 is 0 Å². The van der Waals surface area contributed by atoms with Gasteiger partial charge in [0.1, 0.15) is 11.9 Å². The van der Waals surface area contributed by atoms with Crippen LogP contribution in [0.2, 0.25) is 0 Å². The highest BCUT2D eigenvalue weighted by atomic mass is 19.1. The van der Waals surface area contributed by atoms with Crippen molar-refractivity contribution in [1.82, 2.24) is 9.97 Å². The maximum Gasteiger partial charge on any atom is 0.146 e. The molecule has 1 fully saturated rings. The van der Waals surface area contributed by atoms with Crippen LogP contribution in [0.3, 0.4) is 0 Å². The zero-order valence-corrected chi connectivity index (χ0v) is 13.3. The van der Waals surface area contributed by atoms with Gasteiger partial charge in [0.15, 0.2) is 0 Å². The first kappa shape index (κ1) is 15.4. The second-order valence-corrected chi connectivity index (χ2v) is 6.28. The molecule has 0 saturated heterocycles. The van der Waals surface area contributed by atoms with Crippen LogP contribution in [0.15, 0.2) is 24.5 Å². The van der Waals surface area contributed by atoms with Crippen LogP contribution in [0.25, 0.3) is 0 Å². The SMILES string of the molecule is CC(C)c1cnc(Cc2ncc(C#N)cc2F)cc1NC1CC1. The molecule has 0 spiro atoms. The zero-order chi connectivity index (χ0) is 16.4. The van der Waals surface area contributed by atoms with Gasteiger partial charge >= 0.3 is 0 Å². The molecule has 0 bridgehead atoms. The summed E-state index contributed by atoms with van der Waals surface area (Å²) in [5, 5.41) is 12.3. The smallest absolute Gasteiger partial charge is 0.146 e. The van der Waals surface area contributed by atoms with E-state index in [4.69, 9.17) is 5.26 Å². The number of nitrogens with zero attached hydrogens (tertiary/aromatic N) is 3. The van der Waals surface area contributed by atoms with Gasteiger partial charge in [-0.3, -0.25) is 9.97 Å². The third kappa shape index (κ3) is 3.65. The van der Waals surface area contributed by atoms with Crippen LogP contribution in [0.1, 0.15) is 55.1 Å². The molecule has 5 heteroatoms. The highest BCUT2D eigenvalue weighted by Crippen LogP contribution is 2.30. The van der Waals surface area contributed by atoms with Crippen molar-refractivity contribution in [2.45, 2.75) is 45.1 Å². The van der Waals surface area contributed by atoms with Crippen LogP contribution in [0.5, 0.6) is 0 Å². The van der Waals surface area contributed by atoms with Gasteiger partial charge in [-0.25, -0.2) is 4.39 Å². The minimum atomic E-state index is -0.463. The molecule has 1 N–H and O–H groups in total. The lowest BCUT2D eigenvalue weighted by molar-refractivity contribution is 0.602. The molecule has 23 heavy (non-hydrogen) atoms. The van der Waals surface area contributed by atoms with Crippen LogP contribution in [-0.4, -0.2) is 16.0 Å². The lowest BCUT2D eigenvalue weighted by Crippen LogP contribution is -2.08. The van der Waals surface area contributed by atoms with Crippen molar-refractivity contribution >= 4 is 5.69 Å². The number of nitriles is 1. The topological polar surface area (TPSA) is 61.6 Å². The predicted molar refractivity (Wildman–Crippen MR) is 86.7 cm³/mol. The van der Waals surface area contributed by atoms with Crippen molar-refractivity contribution in [2.24, 2.45) is 0 Å². The molecule has 3 rings (SSSR count). The first-order valence-corrected chi connectivity index (χ1v) is 7.86. The average molecular weight is 310 g/mol. The van der Waals surface area contributed by atoms with E-state index in [-0.39, 0.29) is 5.56 Å². The summed E-state index contributed by atoms with van der Waals surface area (Å²) in [5.41, 5.74) is 3.57.